The molecule has 1 aromatic rings. The van der Waals surface area contributed by atoms with Crippen LogP contribution in [-0.2, 0) is 25.3 Å². The lowest BCUT2D eigenvalue weighted by Gasteiger charge is -2.20. The summed E-state index contributed by atoms with van der Waals surface area (Å²) in [6.07, 6.45) is 0. The maximum Gasteiger partial charge on any atom is 0.337 e. The molecule has 1 aromatic carbocycles. The van der Waals surface area contributed by atoms with Crippen LogP contribution in [0.1, 0.15) is 29.8 Å². The molecule has 21 heavy (non-hydrogen) atoms. The van der Waals surface area contributed by atoms with Crippen LogP contribution < -0.4 is 4.72 Å². The third-order valence-electron chi connectivity index (χ3n) is 2.65. The van der Waals surface area contributed by atoms with Crippen molar-refractivity contribution in [2.45, 2.75) is 25.1 Å². The van der Waals surface area contributed by atoms with Crippen LogP contribution in [-0.4, -0.2) is 38.1 Å². The van der Waals surface area contributed by atoms with Crippen molar-refractivity contribution in [3.05, 3.63) is 35.4 Å². The van der Waals surface area contributed by atoms with Crippen LogP contribution >= 0.6 is 0 Å². The van der Waals surface area contributed by atoms with Crippen LogP contribution in [0.5, 0.6) is 0 Å². The number of hydrogen-bond donors (Lipinski definition) is 2. The molecular weight excluding hydrogens is 298 g/mol. The summed E-state index contributed by atoms with van der Waals surface area (Å²) >= 11 is 0. The average Bonchev–Trinajstić information content (AvgIpc) is 2.35. The van der Waals surface area contributed by atoms with Crippen molar-refractivity contribution in [1.29, 1.82) is 0 Å². The van der Waals surface area contributed by atoms with Gasteiger partial charge in [0.25, 0.3) is 0 Å². The largest absolute Gasteiger partial charge is 0.480 e. The van der Waals surface area contributed by atoms with E-state index >= 15 is 0 Å². The first-order valence-electron chi connectivity index (χ1n) is 6.00. The number of methoxy groups -OCH3 is 1. The van der Waals surface area contributed by atoms with Crippen molar-refractivity contribution in [1.82, 2.24) is 4.72 Å². The number of rotatable bonds is 6. The van der Waals surface area contributed by atoms with Crippen molar-refractivity contribution in [3.63, 3.8) is 0 Å². The topological polar surface area (TPSA) is 110 Å². The number of esters is 1. The fourth-order valence-corrected chi connectivity index (χ4v) is 3.15. The van der Waals surface area contributed by atoms with E-state index in [0.29, 0.717) is 5.56 Å². The second kappa shape index (κ2) is 6.23. The van der Waals surface area contributed by atoms with Crippen LogP contribution in [0.4, 0.5) is 0 Å². The Kier molecular flexibility index (Phi) is 5.08. The lowest BCUT2D eigenvalue weighted by Crippen LogP contribution is -2.49. The van der Waals surface area contributed by atoms with Gasteiger partial charge in [-0.3, -0.25) is 4.79 Å². The minimum absolute atomic E-state index is 0.225. The molecule has 0 saturated heterocycles. The second-order valence-electron chi connectivity index (χ2n) is 4.98. The average molecular weight is 315 g/mol. The van der Waals surface area contributed by atoms with Crippen molar-refractivity contribution in [3.8, 4) is 0 Å². The van der Waals surface area contributed by atoms with E-state index in [9.17, 15) is 18.0 Å². The molecule has 0 aliphatic heterocycles. The number of carbonyl (C=O) groups is 2. The Labute approximate surface area is 123 Å². The van der Waals surface area contributed by atoms with Crippen LogP contribution in [0.3, 0.4) is 0 Å². The van der Waals surface area contributed by atoms with Crippen molar-refractivity contribution in [2.24, 2.45) is 0 Å². The molecule has 1 rings (SSSR count). The summed E-state index contributed by atoms with van der Waals surface area (Å²) in [5, 5.41) is 8.93. The van der Waals surface area contributed by atoms with Gasteiger partial charge in [0, 0.05) is 0 Å². The highest BCUT2D eigenvalue weighted by Gasteiger charge is 2.32. The fourth-order valence-electron chi connectivity index (χ4n) is 1.59. The zero-order valence-electron chi connectivity index (χ0n) is 11.9. The molecule has 0 saturated carbocycles. The lowest BCUT2D eigenvalue weighted by molar-refractivity contribution is -0.142. The van der Waals surface area contributed by atoms with Crippen LogP contribution in [0.25, 0.3) is 0 Å². The van der Waals surface area contributed by atoms with E-state index in [-0.39, 0.29) is 5.56 Å². The van der Waals surface area contributed by atoms with Gasteiger partial charge in [-0.1, -0.05) is 12.1 Å². The summed E-state index contributed by atoms with van der Waals surface area (Å²) < 4.78 is 30.6. The van der Waals surface area contributed by atoms with E-state index in [1.807, 2.05) is 0 Å². The van der Waals surface area contributed by atoms with Gasteiger partial charge in [-0.25, -0.2) is 13.2 Å². The zero-order valence-corrected chi connectivity index (χ0v) is 12.7. The van der Waals surface area contributed by atoms with Gasteiger partial charge >= 0.3 is 11.9 Å². The standard InChI is InChI=1S/C13H17NO6S/c1-13(2,12(16)17)14-21(18,19)8-9-5-4-6-10(7-9)11(15)20-3/h4-7,14H,8H2,1-3H3,(H,16,17). The molecular formula is C13H17NO6S. The molecule has 7 nitrogen and oxygen atoms in total. The van der Waals surface area contributed by atoms with Crippen molar-refractivity contribution < 1.29 is 27.9 Å². The summed E-state index contributed by atoms with van der Waals surface area (Å²) in [6, 6.07) is 5.94. The highest BCUT2D eigenvalue weighted by Crippen LogP contribution is 2.12. The normalized spacial score (nSPS) is 12.0. The Balaban J connectivity index is 2.95. The Bertz CT molecular complexity index is 650. The van der Waals surface area contributed by atoms with Crippen LogP contribution in [0, 0.1) is 0 Å². The quantitative estimate of drug-likeness (QED) is 0.750. The smallest absolute Gasteiger partial charge is 0.337 e. The molecule has 0 bridgehead atoms. The predicted molar refractivity (Wildman–Crippen MR) is 75.3 cm³/mol. The third-order valence-corrected chi connectivity index (χ3v) is 4.18. The van der Waals surface area contributed by atoms with E-state index in [4.69, 9.17) is 5.11 Å². The highest BCUT2D eigenvalue weighted by atomic mass is 32.2. The third kappa shape index (κ3) is 4.83. The molecule has 0 fully saturated rings. The number of benzene rings is 1. The van der Waals surface area contributed by atoms with E-state index in [0.717, 1.165) is 0 Å². The van der Waals surface area contributed by atoms with E-state index in [1.165, 1.54) is 45.2 Å². The maximum absolute atomic E-state index is 12.0. The number of nitrogens with one attached hydrogen (secondary N) is 1. The highest BCUT2D eigenvalue weighted by molar-refractivity contribution is 7.88. The number of sulfonamides is 1. The molecule has 0 aromatic heterocycles. The molecule has 0 atom stereocenters. The van der Waals surface area contributed by atoms with Gasteiger partial charge in [0.15, 0.2) is 0 Å². The van der Waals surface area contributed by atoms with E-state index < -0.39 is 33.3 Å². The molecule has 0 radical (unpaired) electrons. The van der Waals surface area contributed by atoms with Gasteiger partial charge in [-0.15, -0.1) is 0 Å². The van der Waals surface area contributed by atoms with Gasteiger partial charge in [0.05, 0.1) is 18.4 Å². The summed E-state index contributed by atoms with van der Waals surface area (Å²) in [5.41, 5.74) is -1.03. The predicted octanol–water partition coefficient (Wildman–Crippen LogP) is 0.756. The summed E-state index contributed by atoms with van der Waals surface area (Å²) in [5.74, 6) is -2.29. The number of carbonyl (C=O) groups excluding carboxylic acids is 1. The van der Waals surface area contributed by atoms with Gasteiger partial charge in [0.1, 0.15) is 5.54 Å². The Morgan fingerprint density at radius 3 is 2.48 bits per heavy atom. The fraction of sp³-hybridized carbons (Fsp3) is 0.385. The Hall–Kier alpha value is -1.93. The molecule has 0 spiro atoms. The van der Waals surface area contributed by atoms with Crippen molar-refractivity contribution >= 4 is 22.0 Å². The molecule has 0 unspecified atom stereocenters. The first-order chi connectivity index (χ1) is 9.57. The second-order valence-corrected chi connectivity index (χ2v) is 6.71. The van der Waals surface area contributed by atoms with Gasteiger partial charge in [-0.05, 0) is 31.5 Å². The van der Waals surface area contributed by atoms with E-state index in [1.54, 1.807) is 0 Å². The van der Waals surface area contributed by atoms with Crippen LogP contribution in [0.2, 0.25) is 0 Å². The number of carboxylic acids is 1. The minimum atomic E-state index is -3.87. The molecule has 0 aliphatic rings. The van der Waals surface area contributed by atoms with E-state index in [2.05, 4.69) is 9.46 Å². The molecule has 2 N–H and O–H groups in total. The van der Waals surface area contributed by atoms with Crippen LogP contribution in [0.15, 0.2) is 24.3 Å². The number of hydrogen-bond acceptors (Lipinski definition) is 5. The maximum atomic E-state index is 12.0. The number of carboxylic acid groups (broad SMARTS) is 1. The monoisotopic (exact) mass is 315 g/mol. The molecule has 0 aliphatic carbocycles. The van der Waals surface area contributed by atoms with Gasteiger partial charge in [0.2, 0.25) is 10.0 Å². The Morgan fingerprint density at radius 2 is 1.95 bits per heavy atom. The Morgan fingerprint density at radius 1 is 1.33 bits per heavy atom. The number of ether oxygens (including phenoxy) is 1. The lowest BCUT2D eigenvalue weighted by atomic mass is 10.1. The molecule has 8 heteroatoms. The summed E-state index contributed by atoms with van der Waals surface area (Å²) in [7, 11) is -2.64. The zero-order chi connectivity index (χ0) is 16.3. The number of aliphatic carboxylic acids is 1. The summed E-state index contributed by atoms with van der Waals surface area (Å²) in [4.78, 5) is 22.3. The molecule has 116 valence electrons. The first kappa shape index (κ1) is 17.1. The molecule has 0 amide bonds. The summed E-state index contributed by atoms with van der Waals surface area (Å²) in [6.45, 7) is 2.50. The molecule has 0 heterocycles. The first-order valence-corrected chi connectivity index (χ1v) is 7.65. The van der Waals surface area contributed by atoms with Crippen molar-refractivity contribution in [2.75, 3.05) is 7.11 Å². The van der Waals surface area contributed by atoms with Gasteiger partial charge < -0.3 is 9.84 Å². The minimum Gasteiger partial charge on any atom is -0.480 e. The SMILES string of the molecule is COC(=O)c1cccc(CS(=O)(=O)NC(C)(C)C(=O)O)c1. The van der Waals surface area contributed by atoms with Gasteiger partial charge in [-0.2, -0.15) is 4.72 Å².